The Kier molecular flexibility index (Phi) is 7.45. The second kappa shape index (κ2) is 10.5. The van der Waals surface area contributed by atoms with E-state index in [9.17, 15) is 14.7 Å². The van der Waals surface area contributed by atoms with E-state index in [0.717, 1.165) is 42.5 Å². The average Bonchev–Trinajstić information content (AvgIpc) is 2.84. The van der Waals surface area contributed by atoms with Crippen molar-refractivity contribution in [1.29, 1.82) is 0 Å². The second-order valence-corrected chi connectivity index (χ2v) is 10.4. The summed E-state index contributed by atoms with van der Waals surface area (Å²) in [6.45, 7) is 6.40. The molecule has 3 aromatic carbocycles. The smallest absolute Gasteiger partial charge is 0.340 e. The molecular formula is C30H34N2O4. The van der Waals surface area contributed by atoms with Gasteiger partial charge in [-0.15, -0.1) is 0 Å². The molecule has 188 valence electrons. The predicted octanol–water partition coefficient (Wildman–Crippen LogP) is 6.42. The fourth-order valence-electron chi connectivity index (χ4n) is 4.60. The lowest BCUT2D eigenvalue weighted by Gasteiger charge is -2.33. The number of ether oxygens (including phenoxy) is 1. The zero-order valence-electron chi connectivity index (χ0n) is 21.4. The molecule has 36 heavy (non-hydrogen) atoms. The molecule has 0 aliphatic carbocycles. The Morgan fingerprint density at radius 1 is 0.944 bits per heavy atom. The van der Waals surface area contributed by atoms with E-state index in [0.29, 0.717) is 5.69 Å². The van der Waals surface area contributed by atoms with Gasteiger partial charge in [0.2, 0.25) is 0 Å². The standard InChI is InChI=1S/C30H34N2O4/c1-30(2,3)36-29(35)23-15-13-21(20-10-6-5-7-11-20)19-25(23)31-28(34)24-18-22(14-16-27(24)33)26-12-8-9-17-32(26)4/h5-7,10-11,13-16,18-19,26,33H,8-9,12,17H2,1-4H3,(H,31,34). The van der Waals surface area contributed by atoms with Crippen LogP contribution in [0.3, 0.4) is 0 Å². The van der Waals surface area contributed by atoms with Gasteiger partial charge in [-0.25, -0.2) is 4.79 Å². The van der Waals surface area contributed by atoms with Crippen LogP contribution in [0.15, 0.2) is 66.7 Å². The average molecular weight is 487 g/mol. The van der Waals surface area contributed by atoms with Crippen LogP contribution in [-0.4, -0.2) is 41.1 Å². The van der Waals surface area contributed by atoms with Gasteiger partial charge in [0.25, 0.3) is 5.91 Å². The van der Waals surface area contributed by atoms with E-state index in [1.165, 1.54) is 0 Å². The Hall–Kier alpha value is -3.64. The van der Waals surface area contributed by atoms with Crippen molar-refractivity contribution in [2.24, 2.45) is 0 Å². The quantitative estimate of drug-likeness (QED) is 0.407. The molecule has 6 nitrogen and oxygen atoms in total. The minimum atomic E-state index is -0.685. The third kappa shape index (κ3) is 5.94. The van der Waals surface area contributed by atoms with E-state index >= 15 is 0 Å². The maximum atomic E-state index is 13.4. The number of piperidine rings is 1. The van der Waals surface area contributed by atoms with Crippen molar-refractivity contribution in [3.05, 3.63) is 83.4 Å². The van der Waals surface area contributed by atoms with E-state index in [1.807, 2.05) is 42.5 Å². The molecule has 0 saturated carbocycles. The van der Waals surface area contributed by atoms with E-state index < -0.39 is 17.5 Å². The molecule has 1 saturated heterocycles. The lowest BCUT2D eigenvalue weighted by atomic mass is 9.94. The van der Waals surface area contributed by atoms with E-state index in [-0.39, 0.29) is 22.9 Å². The van der Waals surface area contributed by atoms with Crippen LogP contribution in [0.5, 0.6) is 5.75 Å². The highest BCUT2D eigenvalue weighted by Gasteiger charge is 2.25. The fourth-order valence-corrected chi connectivity index (χ4v) is 4.60. The highest BCUT2D eigenvalue weighted by Crippen LogP contribution is 2.33. The van der Waals surface area contributed by atoms with Gasteiger partial charge in [-0.1, -0.05) is 48.9 Å². The first-order valence-corrected chi connectivity index (χ1v) is 12.4. The lowest BCUT2D eigenvalue weighted by molar-refractivity contribution is 0.00708. The zero-order valence-corrected chi connectivity index (χ0v) is 21.4. The molecule has 0 aromatic heterocycles. The van der Waals surface area contributed by atoms with Crippen LogP contribution in [0.2, 0.25) is 0 Å². The van der Waals surface area contributed by atoms with Gasteiger partial charge in [0, 0.05) is 6.04 Å². The summed E-state index contributed by atoms with van der Waals surface area (Å²) < 4.78 is 5.59. The van der Waals surface area contributed by atoms with Crippen molar-refractivity contribution in [3.63, 3.8) is 0 Å². The van der Waals surface area contributed by atoms with Crippen LogP contribution in [0.1, 0.15) is 72.4 Å². The van der Waals surface area contributed by atoms with E-state index in [4.69, 9.17) is 4.74 Å². The molecule has 1 heterocycles. The highest BCUT2D eigenvalue weighted by molar-refractivity contribution is 6.10. The fraction of sp³-hybridized carbons (Fsp3) is 0.333. The number of amides is 1. The molecule has 0 spiro atoms. The molecule has 1 unspecified atom stereocenters. The molecule has 3 aromatic rings. The largest absolute Gasteiger partial charge is 0.507 e. The van der Waals surface area contributed by atoms with E-state index in [2.05, 4.69) is 17.3 Å². The number of phenolic OH excluding ortho intramolecular Hbond substituents is 1. The van der Waals surface area contributed by atoms with Gasteiger partial charge >= 0.3 is 5.97 Å². The molecule has 2 N–H and O–H groups in total. The second-order valence-electron chi connectivity index (χ2n) is 10.4. The van der Waals surface area contributed by atoms with Crippen LogP contribution in [-0.2, 0) is 4.74 Å². The number of carbonyl (C=O) groups excluding carboxylic acids is 2. The first-order chi connectivity index (χ1) is 17.1. The normalized spacial score (nSPS) is 16.4. The number of hydrogen-bond donors (Lipinski definition) is 2. The third-order valence-corrected chi connectivity index (χ3v) is 6.41. The third-order valence-electron chi connectivity index (χ3n) is 6.41. The number of carbonyl (C=O) groups is 2. The van der Waals surface area contributed by atoms with Gasteiger partial charge in [-0.3, -0.25) is 9.69 Å². The van der Waals surface area contributed by atoms with Gasteiger partial charge in [0.15, 0.2) is 0 Å². The van der Waals surface area contributed by atoms with Gasteiger partial charge in [0.1, 0.15) is 11.4 Å². The van der Waals surface area contributed by atoms with Crippen LogP contribution in [0, 0.1) is 0 Å². The summed E-state index contributed by atoms with van der Waals surface area (Å²) in [6, 6.07) is 20.4. The van der Waals surface area contributed by atoms with Crippen molar-refractivity contribution in [1.82, 2.24) is 4.90 Å². The SMILES string of the molecule is CN1CCCCC1c1ccc(O)c(C(=O)Nc2cc(-c3ccccc3)ccc2C(=O)OC(C)(C)C)c1. The summed E-state index contributed by atoms with van der Waals surface area (Å²) in [5, 5.41) is 13.4. The minimum Gasteiger partial charge on any atom is -0.507 e. The number of esters is 1. The Morgan fingerprint density at radius 2 is 1.69 bits per heavy atom. The first-order valence-electron chi connectivity index (χ1n) is 12.4. The van der Waals surface area contributed by atoms with Crippen LogP contribution in [0.25, 0.3) is 11.1 Å². The molecule has 1 fully saturated rings. The Bertz CT molecular complexity index is 1250. The van der Waals surface area contributed by atoms with Crippen LogP contribution >= 0.6 is 0 Å². The summed E-state index contributed by atoms with van der Waals surface area (Å²) in [7, 11) is 2.08. The number of benzene rings is 3. The number of rotatable bonds is 5. The van der Waals surface area contributed by atoms with Gasteiger partial charge in [0.05, 0.1) is 16.8 Å². The summed E-state index contributed by atoms with van der Waals surface area (Å²) in [6.07, 6.45) is 3.29. The Labute approximate surface area is 212 Å². The van der Waals surface area contributed by atoms with Crippen molar-refractivity contribution in [2.75, 3.05) is 18.9 Å². The number of anilines is 1. The van der Waals surface area contributed by atoms with Crippen LogP contribution < -0.4 is 5.32 Å². The molecular weight excluding hydrogens is 452 g/mol. The Balaban J connectivity index is 1.69. The number of hydrogen-bond acceptors (Lipinski definition) is 5. The molecule has 1 amide bonds. The van der Waals surface area contributed by atoms with Crippen molar-refractivity contribution in [3.8, 4) is 16.9 Å². The van der Waals surface area contributed by atoms with Crippen molar-refractivity contribution >= 4 is 17.6 Å². The van der Waals surface area contributed by atoms with Crippen molar-refractivity contribution < 1.29 is 19.4 Å². The Morgan fingerprint density at radius 3 is 2.39 bits per heavy atom. The number of likely N-dealkylation sites (tertiary alicyclic amines) is 1. The van der Waals surface area contributed by atoms with Gasteiger partial charge in [-0.2, -0.15) is 0 Å². The number of nitrogens with zero attached hydrogens (tertiary/aromatic N) is 1. The van der Waals surface area contributed by atoms with Crippen LogP contribution in [0.4, 0.5) is 5.69 Å². The molecule has 1 aliphatic rings. The summed E-state index contributed by atoms with van der Waals surface area (Å²) in [4.78, 5) is 28.7. The summed E-state index contributed by atoms with van der Waals surface area (Å²) in [5.74, 6) is -1.12. The summed E-state index contributed by atoms with van der Waals surface area (Å²) >= 11 is 0. The monoisotopic (exact) mass is 486 g/mol. The molecule has 1 atom stereocenters. The van der Waals surface area contributed by atoms with Crippen molar-refractivity contribution in [2.45, 2.75) is 51.7 Å². The number of nitrogens with one attached hydrogen (secondary N) is 1. The lowest BCUT2D eigenvalue weighted by Crippen LogP contribution is -2.29. The number of phenols is 1. The maximum Gasteiger partial charge on any atom is 0.340 e. The minimum absolute atomic E-state index is 0.104. The molecule has 6 heteroatoms. The summed E-state index contributed by atoms with van der Waals surface area (Å²) in [5.41, 5.74) is 2.86. The molecule has 4 rings (SSSR count). The predicted molar refractivity (Wildman–Crippen MR) is 142 cm³/mol. The zero-order chi connectivity index (χ0) is 25.9. The van der Waals surface area contributed by atoms with Gasteiger partial charge < -0.3 is 15.2 Å². The molecule has 1 aliphatic heterocycles. The number of aromatic hydroxyl groups is 1. The molecule has 0 bridgehead atoms. The van der Waals surface area contributed by atoms with E-state index in [1.54, 1.807) is 45.0 Å². The first kappa shape index (κ1) is 25.5. The highest BCUT2D eigenvalue weighted by atomic mass is 16.6. The topological polar surface area (TPSA) is 78.9 Å². The van der Waals surface area contributed by atoms with Gasteiger partial charge in [-0.05, 0) is 88.2 Å². The molecule has 0 radical (unpaired) electrons. The maximum absolute atomic E-state index is 13.4.